The van der Waals surface area contributed by atoms with E-state index in [0.717, 1.165) is 0 Å². The Hall–Kier alpha value is -3.71. The molecule has 1 unspecified atom stereocenters. The molecule has 0 bridgehead atoms. The number of carbonyl (C=O) groups is 2. The van der Waals surface area contributed by atoms with Crippen LogP contribution in [0.5, 0.6) is 0 Å². The van der Waals surface area contributed by atoms with Crippen molar-refractivity contribution in [2.75, 3.05) is 18.6 Å². The molecule has 130 valence electrons. The Labute approximate surface area is 150 Å². The van der Waals surface area contributed by atoms with Crippen molar-refractivity contribution >= 4 is 17.6 Å². The number of nitrogens with two attached hydrogens (primary N) is 1. The Bertz CT molecular complexity index is 977. The van der Waals surface area contributed by atoms with Gasteiger partial charge in [-0.3, -0.25) is 9.69 Å². The Morgan fingerprint density at radius 1 is 1.46 bits per heavy atom. The minimum Gasteiger partial charge on any atom is -0.466 e. The Morgan fingerprint density at radius 2 is 2.15 bits per heavy atom. The van der Waals surface area contributed by atoms with Crippen LogP contribution in [0.4, 0.5) is 5.69 Å². The fourth-order valence-corrected chi connectivity index (χ4v) is 3.56. The Kier molecular flexibility index (Phi) is 3.94. The number of benzene rings is 1. The normalized spacial score (nSPS) is 21.2. The highest BCUT2D eigenvalue weighted by atomic mass is 16.5. The fourth-order valence-electron chi connectivity index (χ4n) is 3.56. The lowest BCUT2D eigenvalue weighted by Crippen LogP contribution is -2.48. The zero-order valence-electron chi connectivity index (χ0n) is 14.2. The van der Waals surface area contributed by atoms with Crippen molar-refractivity contribution in [3.63, 3.8) is 0 Å². The summed E-state index contributed by atoms with van der Waals surface area (Å²) in [6.07, 6.45) is 5.41. The molecular formula is C19H15N3O4. The summed E-state index contributed by atoms with van der Waals surface area (Å²) in [5.41, 5.74) is 4.86. The number of fused-ring (bicyclic) bond motifs is 2. The maximum atomic E-state index is 13.5. The quantitative estimate of drug-likeness (QED) is 0.632. The number of amides is 1. The number of rotatable bonds is 2. The van der Waals surface area contributed by atoms with Crippen LogP contribution >= 0.6 is 0 Å². The van der Waals surface area contributed by atoms with Crippen molar-refractivity contribution in [1.82, 2.24) is 0 Å². The molecule has 3 rings (SSSR count). The number of nitriles is 1. The van der Waals surface area contributed by atoms with Crippen molar-refractivity contribution in [2.45, 2.75) is 12.3 Å². The lowest BCUT2D eigenvalue weighted by Gasteiger charge is -2.34. The average Bonchev–Trinajstić information content (AvgIpc) is 2.86. The van der Waals surface area contributed by atoms with E-state index >= 15 is 0 Å². The molecule has 0 fully saturated rings. The van der Waals surface area contributed by atoms with Crippen LogP contribution in [0.2, 0.25) is 0 Å². The first-order valence-corrected chi connectivity index (χ1v) is 7.67. The highest BCUT2D eigenvalue weighted by Crippen LogP contribution is 2.53. The van der Waals surface area contributed by atoms with E-state index in [1.54, 1.807) is 24.3 Å². The standard InChI is InChI=1S/C19H15N3O4/c1-4-9-22-14-8-6-5-7-12(14)19(18(22)24)13(10-20)16(21)26-11(2)15(19)17(23)25-3/h1,5-8H,9,21H2,2-3H3. The third-order valence-electron chi connectivity index (χ3n) is 4.53. The van der Waals surface area contributed by atoms with Gasteiger partial charge in [0.15, 0.2) is 5.41 Å². The third-order valence-corrected chi connectivity index (χ3v) is 4.53. The Balaban J connectivity index is 2.46. The number of terminal acetylenes is 1. The lowest BCUT2D eigenvalue weighted by atomic mass is 9.68. The number of para-hydroxylation sites is 1. The van der Waals surface area contributed by atoms with E-state index in [-0.39, 0.29) is 29.3 Å². The number of methoxy groups -OCH3 is 1. The molecule has 1 atom stereocenters. The number of hydrogen-bond donors (Lipinski definition) is 1. The summed E-state index contributed by atoms with van der Waals surface area (Å²) in [5, 5.41) is 9.75. The summed E-state index contributed by atoms with van der Waals surface area (Å²) < 4.78 is 10.2. The van der Waals surface area contributed by atoms with Crippen LogP contribution in [0.25, 0.3) is 0 Å². The molecule has 0 radical (unpaired) electrons. The maximum absolute atomic E-state index is 13.5. The molecule has 7 heteroatoms. The van der Waals surface area contributed by atoms with Gasteiger partial charge in [0.05, 0.1) is 13.7 Å². The second kappa shape index (κ2) is 5.98. The SMILES string of the molecule is C#CCN1C(=O)C2(C(C#N)=C(N)OC(C)=C2C(=O)OC)c2ccccc21. The molecule has 2 N–H and O–H groups in total. The van der Waals surface area contributed by atoms with Crippen molar-refractivity contribution in [1.29, 1.82) is 5.26 Å². The van der Waals surface area contributed by atoms with Gasteiger partial charge in [0.1, 0.15) is 23.0 Å². The third kappa shape index (κ3) is 1.95. The second-order valence-corrected chi connectivity index (χ2v) is 5.74. The van der Waals surface area contributed by atoms with Crippen LogP contribution in [-0.2, 0) is 24.5 Å². The summed E-state index contributed by atoms with van der Waals surface area (Å²) in [7, 11) is 1.19. The summed E-state index contributed by atoms with van der Waals surface area (Å²) in [5.74, 6) is 0.965. The summed E-state index contributed by atoms with van der Waals surface area (Å²) >= 11 is 0. The van der Waals surface area contributed by atoms with Gasteiger partial charge in [-0.25, -0.2) is 4.79 Å². The van der Waals surface area contributed by atoms with Gasteiger partial charge in [-0.2, -0.15) is 5.26 Å². The molecule has 2 aliphatic rings. The molecule has 2 heterocycles. The van der Waals surface area contributed by atoms with Crippen LogP contribution in [0.1, 0.15) is 12.5 Å². The summed E-state index contributed by atoms with van der Waals surface area (Å²) in [4.78, 5) is 27.4. The molecule has 1 aromatic carbocycles. The topological polar surface area (TPSA) is 106 Å². The van der Waals surface area contributed by atoms with Crippen LogP contribution in [0.15, 0.2) is 47.1 Å². The van der Waals surface area contributed by atoms with Gasteiger partial charge < -0.3 is 15.2 Å². The van der Waals surface area contributed by atoms with Crippen LogP contribution < -0.4 is 10.6 Å². The van der Waals surface area contributed by atoms with Crippen molar-refractivity contribution in [3.05, 3.63) is 52.6 Å². The summed E-state index contributed by atoms with van der Waals surface area (Å²) in [6.45, 7) is 1.47. The fraction of sp³-hybridized carbons (Fsp3) is 0.211. The number of hydrogen-bond acceptors (Lipinski definition) is 6. The number of nitrogens with zero attached hydrogens (tertiary/aromatic N) is 2. The smallest absolute Gasteiger partial charge is 0.339 e. The molecule has 1 spiro atoms. The number of carbonyl (C=O) groups excluding carboxylic acids is 2. The largest absolute Gasteiger partial charge is 0.466 e. The first-order valence-electron chi connectivity index (χ1n) is 7.67. The van der Waals surface area contributed by atoms with Gasteiger partial charge in [-0.1, -0.05) is 24.1 Å². The van der Waals surface area contributed by atoms with Crippen LogP contribution in [0, 0.1) is 23.7 Å². The highest BCUT2D eigenvalue weighted by molar-refractivity contribution is 6.18. The molecule has 2 aliphatic heterocycles. The van der Waals surface area contributed by atoms with Crippen molar-refractivity contribution in [3.8, 4) is 18.4 Å². The second-order valence-electron chi connectivity index (χ2n) is 5.74. The highest BCUT2D eigenvalue weighted by Gasteiger charge is 2.61. The number of allylic oxidation sites excluding steroid dienone is 1. The monoisotopic (exact) mass is 349 g/mol. The van der Waals surface area contributed by atoms with E-state index < -0.39 is 17.3 Å². The summed E-state index contributed by atoms with van der Waals surface area (Å²) in [6, 6.07) is 8.74. The van der Waals surface area contributed by atoms with Gasteiger partial charge in [0.25, 0.3) is 0 Å². The molecule has 1 aromatic rings. The van der Waals surface area contributed by atoms with Gasteiger partial charge in [-0.05, 0) is 13.0 Å². The lowest BCUT2D eigenvalue weighted by molar-refractivity contribution is -0.138. The molecular weight excluding hydrogens is 334 g/mol. The van der Waals surface area contributed by atoms with E-state index in [1.165, 1.54) is 18.9 Å². The zero-order chi connectivity index (χ0) is 19.1. The van der Waals surface area contributed by atoms with Crippen molar-refractivity contribution in [2.24, 2.45) is 5.73 Å². The predicted molar refractivity (Wildman–Crippen MR) is 91.9 cm³/mol. The average molecular weight is 349 g/mol. The molecule has 0 saturated carbocycles. The van der Waals surface area contributed by atoms with Crippen LogP contribution in [-0.4, -0.2) is 25.5 Å². The van der Waals surface area contributed by atoms with Gasteiger partial charge in [0, 0.05) is 11.3 Å². The molecule has 0 aromatic heterocycles. The van der Waals surface area contributed by atoms with E-state index in [2.05, 4.69) is 5.92 Å². The molecule has 1 amide bonds. The predicted octanol–water partition coefficient (Wildman–Crippen LogP) is 1.08. The van der Waals surface area contributed by atoms with E-state index in [4.69, 9.17) is 21.6 Å². The first kappa shape index (κ1) is 17.1. The zero-order valence-corrected chi connectivity index (χ0v) is 14.2. The Morgan fingerprint density at radius 3 is 2.77 bits per heavy atom. The van der Waals surface area contributed by atoms with E-state index in [0.29, 0.717) is 11.3 Å². The van der Waals surface area contributed by atoms with Gasteiger partial charge >= 0.3 is 5.97 Å². The molecule has 7 nitrogen and oxygen atoms in total. The van der Waals surface area contributed by atoms with Crippen LogP contribution in [0.3, 0.4) is 0 Å². The van der Waals surface area contributed by atoms with Gasteiger partial charge in [0.2, 0.25) is 11.8 Å². The minimum absolute atomic E-state index is 0.0232. The van der Waals surface area contributed by atoms with E-state index in [9.17, 15) is 14.9 Å². The maximum Gasteiger partial charge on any atom is 0.339 e. The van der Waals surface area contributed by atoms with Gasteiger partial charge in [-0.15, -0.1) is 6.42 Å². The number of anilines is 1. The first-order chi connectivity index (χ1) is 12.4. The minimum atomic E-state index is -1.75. The molecule has 0 aliphatic carbocycles. The number of esters is 1. The number of ether oxygens (including phenoxy) is 2. The van der Waals surface area contributed by atoms with E-state index in [1.807, 2.05) is 6.07 Å². The molecule has 0 saturated heterocycles. The molecule has 26 heavy (non-hydrogen) atoms. The van der Waals surface area contributed by atoms with Crippen molar-refractivity contribution < 1.29 is 19.1 Å².